The summed E-state index contributed by atoms with van der Waals surface area (Å²) in [6, 6.07) is 7.08. The number of nitrogens with zero attached hydrogens (tertiary/aromatic N) is 2. The van der Waals surface area contributed by atoms with Crippen molar-refractivity contribution in [1.82, 2.24) is 14.9 Å². The number of carbonyl (C=O) groups excluding carboxylic acids is 2. The molecular weight excluding hydrogens is 392 g/mol. The minimum absolute atomic E-state index is 0.109. The molecule has 0 saturated heterocycles. The lowest BCUT2D eigenvalue weighted by atomic mass is 9.83. The number of amides is 2. The van der Waals surface area contributed by atoms with Gasteiger partial charge in [0.1, 0.15) is 11.6 Å². The smallest absolute Gasteiger partial charge is 0.408 e. The first kappa shape index (κ1) is 22.8. The highest BCUT2D eigenvalue weighted by Crippen LogP contribution is 2.28. The number of nitrogens with one attached hydrogen (secondary N) is 2. The standard InChI is InChI=1S/C24H34N4O3/c1-16-21(28(5)15-25-16)18-11-13-19(14-12-18)26-22(29)20(17-9-7-6-8-10-17)27-23(30)31-24(2,3)4/h11-15,17,20H,6-10H2,1-5H3,(H,26,29)(H,27,30)/t20-/m0/s1. The summed E-state index contributed by atoms with van der Waals surface area (Å²) in [5.41, 5.74) is 3.12. The molecule has 0 aliphatic heterocycles. The zero-order valence-corrected chi connectivity index (χ0v) is 19.2. The van der Waals surface area contributed by atoms with Gasteiger partial charge in [-0.15, -0.1) is 0 Å². The minimum Gasteiger partial charge on any atom is -0.444 e. The van der Waals surface area contributed by atoms with Crippen LogP contribution in [0.4, 0.5) is 10.5 Å². The van der Waals surface area contributed by atoms with Crippen LogP contribution in [0.3, 0.4) is 0 Å². The number of carbonyl (C=O) groups is 2. The molecule has 2 aromatic rings. The van der Waals surface area contributed by atoms with Crippen molar-refractivity contribution in [3.05, 3.63) is 36.3 Å². The summed E-state index contributed by atoms with van der Waals surface area (Å²) in [5, 5.41) is 5.80. The second kappa shape index (κ2) is 9.54. The number of imidazole rings is 1. The van der Waals surface area contributed by atoms with E-state index in [2.05, 4.69) is 15.6 Å². The summed E-state index contributed by atoms with van der Waals surface area (Å²) in [5.74, 6) is -0.0974. The Balaban J connectivity index is 1.72. The van der Waals surface area contributed by atoms with E-state index in [1.807, 2.05) is 63.6 Å². The lowest BCUT2D eigenvalue weighted by Gasteiger charge is -2.31. The lowest BCUT2D eigenvalue weighted by molar-refractivity contribution is -0.119. The van der Waals surface area contributed by atoms with Crippen LogP contribution in [0.25, 0.3) is 11.3 Å². The van der Waals surface area contributed by atoms with E-state index in [0.717, 1.165) is 42.6 Å². The van der Waals surface area contributed by atoms with E-state index in [-0.39, 0.29) is 11.8 Å². The summed E-state index contributed by atoms with van der Waals surface area (Å²) in [6.45, 7) is 7.41. The van der Waals surface area contributed by atoms with E-state index in [4.69, 9.17) is 4.74 Å². The van der Waals surface area contributed by atoms with Crippen molar-refractivity contribution in [1.29, 1.82) is 0 Å². The topological polar surface area (TPSA) is 85.3 Å². The highest BCUT2D eigenvalue weighted by Gasteiger charge is 2.32. The number of rotatable bonds is 5. The van der Waals surface area contributed by atoms with Crippen molar-refractivity contribution < 1.29 is 14.3 Å². The van der Waals surface area contributed by atoms with Crippen LogP contribution in [-0.4, -0.2) is 33.2 Å². The van der Waals surface area contributed by atoms with Gasteiger partial charge in [0.25, 0.3) is 0 Å². The number of ether oxygens (including phenoxy) is 1. The van der Waals surface area contributed by atoms with Crippen LogP contribution in [-0.2, 0) is 16.6 Å². The molecular formula is C24H34N4O3. The number of anilines is 1. The lowest BCUT2D eigenvalue weighted by Crippen LogP contribution is -2.50. The fourth-order valence-corrected chi connectivity index (χ4v) is 4.19. The highest BCUT2D eigenvalue weighted by molar-refractivity contribution is 5.97. The maximum atomic E-state index is 13.1. The molecule has 1 atom stereocenters. The summed E-state index contributed by atoms with van der Waals surface area (Å²) in [6.07, 6.45) is 6.40. The van der Waals surface area contributed by atoms with Crippen LogP contribution < -0.4 is 10.6 Å². The fraction of sp³-hybridized carbons (Fsp3) is 0.542. The molecule has 168 valence electrons. The van der Waals surface area contributed by atoms with E-state index >= 15 is 0 Å². The maximum absolute atomic E-state index is 13.1. The average molecular weight is 427 g/mol. The molecule has 1 aromatic carbocycles. The number of alkyl carbamates (subject to hydrolysis) is 1. The molecule has 1 aliphatic rings. The monoisotopic (exact) mass is 426 g/mol. The van der Waals surface area contributed by atoms with Crippen LogP contribution in [0.1, 0.15) is 58.6 Å². The van der Waals surface area contributed by atoms with Crippen LogP contribution >= 0.6 is 0 Å². The third kappa shape index (κ3) is 6.09. The molecule has 3 rings (SSSR count). The summed E-state index contributed by atoms with van der Waals surface area (Å²) >= 11 is 0. The fourth-order valence-electron chi connectivity index (χ4n) is 4.19. The molecule has 7 heteroatoms. The molecule has 0 unspecified atom stereocenters. The largest absolute Gasteiger partial charge is 0.444 e. The Morgan fingerprint density at radius 2 is 1.77 bits per heavy atom. The first-order valence-electron chi connectivity index (χ1n) is 11.0. The molecule has 2 amide bonds. The van der Waals surface area contributed by atoms with Crippen molar-refractivity contribution in [3.8, 4) is 11.3 Å². The van der Waals surface area contributed by atoms with E-state index in [0.29, 0.717) is 5.69 Å². The zero-order chi connectivity index (χ0) is 22.6. The number of aromatic nitrogens is 2. The molecule has 1 aliphatic carbocycles. The van der Waals surface area contributed by atoms with Gasteiger partial charge in [0.2, 0.25) is 5.91 Å². The Morgan fingerprint density at radius 1 is 1.13 bits per heavy atom. The molecule has 31 heavy (non-hydrogen) atoms. The van der Waals surface area contributed by atoms with E-state index < -0.39 is 17.7 Å². The Kier molecular flexibility index (Phi) is 7.03. The van der Waals surface area contributed by atoms with Gasteiger partial charge in [-0.1, -0.05) is 31.4 Å². The molecule has 1 saturated carbocycles. The molecule has 1 heterocycles. The molecule has 2 N–H and O–H groups in total. The maximum Gasteiger partial charge on any atom is 0.408 e. The number of benzene rings is 1. The first-order chi connectivity index (χ1) is 14.6. The third-order valence-corrected chi connectivity index (χ3v) is 5.62. The van der Waals surface area contributed by atoms with Crippen LogP contribution in [0.2, 0.25) is 0 Å². The summed E-state index contributed by atoms with van der Waals surface area (Å²) < 4.78 is 7.38. The second-order valence-corrected chi connectivity index (χ2v) is 9.38. The Morgan fingerprint density at radius 3 is 2.32 bits per heavy atom. The van der Waals surface area contributed by atoms with Gasteiger partial charge in [0.15, 0.2) is 0 Å². The van der Waals surface area contributed by atoms with Crippen molar-refractivity contribution >= 4 is 17.7 Å². The zero-order valence-electron chi connectivity index (χ0n) is 19.2. The normalized spacial score (nSPS) is 15.9. The number of hydrogen-bond acceptors (Lipinski definition) is 4. The Hall–Kier alpha value is -2.83. The van der Waals surface area contributed by atoms with Gasteiger partial charge in [-0.3, -0.25) is 4.79 Å². The van der Waals surface area contributed by atoms with Crippen molar-refractivity contribution in [2.45, 2.75) is 71.4 Å². The van der Waals surface area contributed by atoms with Crippen LogP contribution in [0.5, 0.6) is 0 Å². The van der Waals surface area contributed by atoms with Crippen LogP contribution in [0, 0.1) is 12.8 Å². The van der Waals surface area contributed by atoms with E-state index in [9.17, 15) is 9.59 Å². The Labute approximate surface area is 184 Å². The van der Waals surface area contributed by atoms with Crippen molar-refractivity contribution in [3.63, 3.8) is 0 Å². The van der Waals surface area contributed by atoms with Crippen molar-refractivity contribution in [2.75, 3.05) is 5.32 Å². The predicted octanol–water partition coefficient (Wildman–Crippen LogP) is 4.81. The summed E-state index contributed by atoms with van der Waals surface area (Å²) in [4.78, 5) is 29.9. The van der Waals surface area contributed by atoms with Gasteiger partial charge in [-0.2, -0.15) is 0 Å². The third-order valence-electron chi connectivity index (χ3n) is 5.62. The van der Waals surface area contributed by atoms with Crippen LogP contribution in [0.15, 0.2) is 30.6 Å². The van der Waals surface area contributed by atoms with E-state index in [1.54, 1.807) is 6.33 Å². The van der Waals surface area contributed by atoms with Gasteiger partial charge in [0, 0.05) is 18.3 Å². The highest BCUT2D eigenvalue weighted by atomic mass is 16.6. The minimum atomic E-state index is -0.617. The van der Waals surface area contributed by atoms with Gasteiger partial charge in [-0.25, -0.2) is 9.78 Å². The Bertz CT molecular complexity index is 886. The molecule has 0 spiro atoms. The second-order valence-electron chi connectivity index (χ2n) is 9.38. The van der Waals surface area contributed by atoms with Gasteiger partial charge in [0.05, 0.1) is 17.7 Å². The molecule has 0 radical (unpaired) electrons. The van der Waals surface area contributed by atoms with E-state index in [1.165, 1.54) is 6.42 Å². The van der Waals surface area contributed by atoms with Crippen molar-refractivity contribution in [2.24, 2.45) is 13.0 Å². The molecule has 0 bridgehead atoms. The number of aryl methyl sites for hydroxylation is 2. The quantitative estimate of drug-likeness (QED) is 0.719. The molecule has 7 nitrogen and oxygen atoms in total. The molecule has 1 fully saturated rings. The number of hydrogen-bond donors (Lipinski definition) is 2. The average Bonchev–Trinajstić information content (AvgIpc) is 3.04. The predicted molar refractivity (Wildman–Crippen MR) is 122 cm³/mol. The SMILES string of the molecule is Cc1ncn(C)c1-c1ccc(NC(=O)[C@@H](NC(=O)OC(C)(C)C)C2CCCCC2)cc1. The van der Waals surface area contributed by atoms with Gasteiger partial charge >= 0.3 is 6.09 Å². The van der Waals surface area contributed by atoms with Gasteiger partial charge < -0.3 is 19.9 Å². The summed E-state index contributed by atoms with van der Waals surface area (Å²) in [7, 11) is 1.96. The first-order valence-corrected chi connectivity index (χ1v) is 11.0. The van der Waals surface area contributed by atoms with Gasteiger partial charge in [-0.05, 0) is 58.6 Å². The molecule has 1 aromatic heterocycles.